The van der Waals surface area contributed by atoms with E-state index in [2.05, 4.69) is 15.9 Å². The van der Waals surface area contributed by atoms with Crippen LogP contribution in [0.2, 0.25) is 0 Å². The number of carbonyl (C=O) groups is 1. The second kappa shape index (κ2) is 3.85. The van der Waals surface area contributed by atoms with Gasteiger partial charge in [-0.05, 0) is 30.2 Å². The fourth-order valence-electron chi connectivity index (χ4n) is 1.81. The number of methoxy groups -OCH3 is 1. The van der Waals surface area contributed by atoms with Gasteiger partial charge in [0.05, 0.1) is 13.0 Å². The molecule has 2 atom stereocenters. The predicted octanol–water partition coefficient (Wildman–Crippen LogP) is 2.65. The van der Waals surface area contributed by atoms with Crippen molar-refractivity contribution >= 4 is 21.9 Å². The van der Waals surface area contributed by atoms with Gasteiger partial charge in [-0.15, -0.1) is 0 Å². The number of hydrogen-bond donors (Lipinski definition) is 1. The van der Waals surface area contributed by atoms with E-state index in [1.807, 2.05) is 18.2 Å². The molecule has 0 aromatic heterocycles. The molecule has 1 aromatic rings. The highest BCUT2D eigenvalue weighted by Crippen LogP contribution is 2.50. The van der Waals surface area contributed by atoms with E-state index in [1.165, 1.54) is 0 Å². The van der Waals surface area contributed by atoms with Crippen LogP contribution in [-0.4, -0.2) is 18.2 Å². The van der Waals surface area contributed by atoms with E-state index in [9.17, 15) is 4.79 Å². The molecule has 0 radical (unpaired) electrons. The molecule has 0 aliphatic heterocycles. The monoisotopic (exact) mass is 270 g/mol. The van der Waals surface area contributed by atoms with Crippen LogP contribution in [0.25, 0.3) is 0 Å². The molecule has 1 fully saturated rings. The second-order valence-electron chi connectivity index (χ2n) is 3.67. The molecule has 0 unspecified atom stereocenters. The maximum atomic E-state index is 10.8. The largest absolute Gasteiger partial charge is 0.496 e. The van der Waals surface area contributed by atoms with Crippen LogP contribution in [0.15, 0.2) is 22.7 Å². The van der Waals surface area contributed by atoms with Crippen molar-refractivity contribution < 1.29 is 14.6 Å². The lowest BCUT2D eigenvalue weighted by atomic mass is 10.1. The van der Waals surface area contributed by atoms with Gasteiger partial charge < -0.3 is 9.84 Å². The molecule has 0 heterocycles. The molecule has 0 saturated heterocycles. The van der Waals surface area contributed by atoms with Crippen molar-refractivity contribution in [2.75, 3.05) is 7.11 Å². The summed E-state index contributed by atoms with van der Waals surface area (Å²) in [6.07, 6.45) is 0.710. The quantitative estimate of drug-likeness (QED) is 0.919. The molecular weight excluding hydrogens is 260 g/mol. The highest BCUT2D eigenvalue weighted by molar-refractivity contribution is 9.10. The zero-order chi connectivity index (χ0) is 11.0. The average Bonchev–Trinajstić information content (AvgIpc) is 2.97. The third-order valence-corrected chi connectivity index (χ3v) is 3.19. The summed E-state index contributed by atoms with van der Waals surface area (Å²) in [5, 5.41) is 8.87. The number of carboxylic acid groups (broad SMARTS) is 1. The van der Waals surface area contributed by atoms with Gasteiger partial charge in [0.15, 0.2) is 0 Å². The van der Waals surface area contributed by atoms with Gasteiger partial charge in [-0.3, -0.25) is 4.79 Å². The van der Waals surface area contributed by atoms with E-state index in [-0.39, 0.29) is 11.8 Å². The number of aliphatic carboxylic acids is 1. The van der Waals surface area contributed by atoms with Crippen molar-refractivity contribution in [1.82, 2.24) is 0 Å². The summed E-state index contributed by atoms with van der Waals surface area (Å²) < 4.78 is 6.17. The molecular formula is C11H11BrO3. The normalized spacial score (nSPS) is 23.6. The Labute approximate surface area is 96.2 Å². The summed E-state index contributed by atoms with van der Waals surface area (Å²) in [4.78, 5) is 10.8. The van der Waals surface area contributed by atoms with Crippen LogP contribution < -0.4 is 4.74 Å². The van der Waals surface area contributed by atoms with Gasteiger partial charge in [0.2, 0.25) is 0 Å². The predicted molar refractivity (Wildman–Crippen MR) is 59.2 cm³/mol. The minimum absolute atomic E-state index is 0.106. The molecule has 0 amide bonds. The van der Waals surface area contributed by atoms with Crippen LogP contribution in [0.3, 0.4) is 0 Å². The van der Waals surface area contributed by atoms with Gasteiger partial charge in [-0.1, -0.05) is 15.9 Å². The second-order valence-corrected chi connectivity index (χ2v) is 4.59. The Hall–Kier alpha value is -1.03. The zero-order valence-corrected chi connectivity index (χ0v) is 9.82. The zero-order valence-electron chi connectivity index (χ0n) is 8.24. The maximum absolute atomic E-state index is 10.8. The van der Waals surface area contributed by atoms with E-state index in [1.54, 1.807) is 7.11 Å². The molecule has 2 rings (SSSR count). The molecule has 4 heteroatoms. The molecule has 1 N–H and O–H groups in total. The number of ether oxygens (including phenoxy) is 1. The molecule has 1 saturated carbocycles. The topological polar surface area (TPSA) is 46.5 Å². The van der Waals surface area contributed by atoms with E-state index in [4.69, 9.17) is 9.84 Å². The van der Waals surface area contributed by atoms with E-state index < -0.39 is 5.97 Å². The van der Waals surface area contributed by atoms with Crippen LogP contribution in [-0.2, 0) is 4.79 Å². The van der Waals surface area contributed by atoms with E-state index in [0.717, 1.165) is 15.8 Å². The molecule has 3 nitrogen and oxygen atoms in total. The summed E-state index contributed by atoms with van der Waals surface area (Å²) in [7, 11) is 1.60. The van der Waals surface area contributed by atoms with Crippen molar-refractivity contribution in [3.8, 4) is 5.75 Å². The lowest BCUT2D eigenvalue weighted by Gasteiger charge is -2.07. The van der Waals surface area contributed by atoms with Crippen LogP contribution in [0.1, 0.15) is 17.9 Å². The Bertz CT molecular complexity index is 403. The third-order valence-electron chi connectivity index (χ3n) is 2.70. The molecule has 1 aliphatic carbocycles. The van der Waals surface area contributed by atoms with Crippen molar-refractivity contribution in [1.29, 1.82) is 0 Å². The standard InChI is InChI=1S/C11H11BrO3/c1-15-10-3-2-6(12)4-8(10)7-5-9(7)11(13)14/h2-4,7,9H,5H2,1H3,(H,13,14)/t7-,9+/m0/s1. The van der Waals surface area contributed by atoms with Crippen molar-refractivity contribution in [3.63, 3.8) is 0 Å². The summed E-state index contributed by atoms with van der Waals surface area (Å²) in [5.41, 5.74) is 0.985. The first kappa shape index (κ1) is 10.5. The highest BCUT2D eigenvalue weighted by atomic mass is 79.9. The minimum Gasteiger partial charge on any atom is -0.496 e. The number of carboxylic acids is 1. The SMILES string of the molecule is COc1ccc(Br)cc1[C@@H]1C[C@H]1C(=O)O. The summed E-state index contributed by atoms with van der Waals surface area (Å²) in [6.45, 7) is 0. The lowest BCUT2D eigenvalue weighted by Crippen LogP contribution is -2.00. The van der Waals surface area contributed by atoms with Crippen LogP contribution in [0.4, 0.5) is 0 Å². The van der Waals surface area contributed by atoms with Crippen LogP contribution in [0.5, 0.6) is 5.75 Å². The Balaban J connectivity index is 2.28. The first-order valence-electron chi connectivity index (χ1n) is 4.69. The van der Waals surface area contributed by atoms with Gasteiger partial charge >= 0.3 is 5.97 Å². The van der Waals surface area contributed by atoms with Gasteiger partial charge in [-0.2, -0.15) is 0 Å². The van der Waals surface area contributed by atoms with Crippen molar-refractivity contribution in [3.05, 3.63) is 28.2 Å². The molecule has 0 bridgehead atoms. The Morgan fingerprint density at radius 3 is 2.87 bits per heavy atom. The first-order chi connectivity index (χ1) is 7.13. The van der Waals surface area contributed by atoms with Crippen LogP contribution >= 0.6 is 15.9 Å². The smallest absolute Gasteiger partial charge is 0.307 e. The number of benzene rings is 1. The minimum atomic E-state index is -0.720. The van der Waals surface area contributed by atoms with E-state index in [0.29, 0.717) is 6.42 Å². The number of hydrogen-bond acceptors (Lipinski definition) is 2. The van der Waals surface area contributed by atoms with Gasteiger partial charge in [-0.25, -0.2) is 0 Å². The fourth-order valence-corrected chi connectivity index (χ4v) is 2.19. The Morgan fingerprint density at radius 2 is 2.33 bits per heavy atom. The molecule has 1 aromatic carbocycles. The Kier molecular flexibility index (Phi) is 2.69. The summed E-state index contributed by atoms with van der Waals surface area (Å²) in [5.74, 6) is -0.0860. The highest BCUT2D eigenvalue weighted by Gasteiger charge is 2.45. The lowest BCUT2D eigenvalue weighted by molar-refractivity contribution is -0.138. The average molecular weight is 271 g/mol. The van der Waals surface area contributed by atoms with Crippen molar-refractivity contribution in [2.24, 2.45) is 5.92 Å². The summed E-state index contributed by atoms with van der Waals surface area (Å²) in [6, 6.07) is 5.68. The molecule has 80 valence electrons. The molecule has 1 aliphatic rings. The van der Waals surface area contributed by atoms with Gasteiger partial charge in [0, 0.05) is 10.4 Å². The van der Waals surface area contributed by atoms with Crippen LogP contribution in [0, 0.1) is 5.92 Å². The number of halogens is 1. The maximum Gasteiger partial charge on any atom is 0.307 e. The fraction of sp³-hybridized carbons (Fsp3) is 0.364. The third kappa shape index (κ3) is 2.00. The Morgan fingerprint density at radius 1 is 1.60 bits per heavy atom. The first-order valence-corrected chi connectivity index (χ1v) is 5.49. The number of rotatable bonds is 3. The van der Waals surface area contributed by atoms with E-state index >= 15 is 0 Å². The van der Waals surface area contributed by atoms with Gasteiger partial charge in [0.25, 0.3) is 0 Å². The molecule has 0 spiro atoms. The van der Waals surface area contributed by atoms with Gasteiger partial charge in [0.1, 0.15) is 5.75 Å². The molecule has 15 heavy (non-hydrogen) atoms. The summed E-state index contributed by atoms with van der Waals surface area (Å²) >= 11 is 3.38. The van der Waals surface area contributed by atoms with Crippen molar-refractivity contribution in [2.45, 2.75) is 12.3 Å².